The van der Waals surface area contributed by atoms with Crippen LogP contribution in [0.5, 0.6) is 46.0 Å². The summed E-state index contributed by atoms with van der Waals surface area (Å²) in [7, 11) is 9.45. The number of rotatable bonds is 34. The van der Waals surface area contributed by atoms with E-state index in [1.807, 2.05) is 42.5 Å². The van der Waals surface area contributed by atoms with Gasteiger partial charge in [0.1, 0.15) is 0 Å². The van der Waals surface area contributed by atoms with Crippen molar-refractivity contribution in [1.82, 2.24) is 9.80 Å². The van der Waals surface area contributed by atoms with Gasteiger partial charge in [-0.1, -0.05) is 0 Å². The van der Waals surface area contributed by atoms with Crippen LogP contribution in [0.4, 0.5) is 0 Å². The Hall–Kier alpha value is -8.76. The third kappa shape index (κ3) is 21.9. The highest BCUT2D eigenvalue weighted by Crippen LogP contribution is 2.41. The number of aliphatic hydroxyl groups excluding tert-OH is 1. The highest BCUT2D eigenvalue weighted by Gasteiger charge is 2.22. The van der Waals surface area contributed by atoms with E-state index >= 15 is 0 Å². The average Bonchev–Trinajstić information content (AvgIpc) is 1.70. The van der Waals surface area contributed by atoms with Crippen LogP contribution in [0.25, 0.3) is 40.3 Å². The van der Waals surface area contributed by atoms with Gasteiger partial charge in [-0.2, -0.15) is 0 Å². The molecule has 0 spiro atoms. The molecule has 2 amide bonds. The number of carbonyl (C=O) groups is 8. The van der Waals surface area contributed by atoms with Gasteiger partial charge < -0.3 is 72.1 Å². The number of amides is 2. The zero-order chi connectivity index (χ0) is 69.1. The van der Waals surface area contributed by atoms with E-state index in [0.29, 0.717) is 119 Å². The van der Waals surface area contributed by atoms with E-state index in [-0.39, 0.29) is 111 Å². The number of aromatic hydroxyl groups is 1. The van der Waals surface area contributed by atoms with E-state index in [1.165, 1.54) is 62.3 Å². The second-order valence-corrected chi connectivity index (χ2v) is 25.0. The maximum atomic E-state index is 13.0. The molecule has 0 saturated heterocycles. The highest BCUT2D eigenvalue weighted by atomic mass is 32.1. The fourth-order valence-corrected chi connectivity index (χ4v) is 13.3. The topological polar surface area (TPSA) is 285 Å². The number of hydrogen-bond donors (Lipinski definition) is 2. The molecule has 0 fully saturated rings. The number of phenolic OH excluding ortho intramolecular Hbond substituents is 1. The molecule has 0 bridgehead atoms. The number of Topliss-reactive ketones (excluding diaryl/α,β-unsaturated/α-hetero) is 2. The molecule has 0 aliphatic carbocycles. The summed E-state index contributed by atoms with van der Waals surface area (Å²) in [5.74, 6) is 1.79. The molecule has 4 aromatic heterocycles. The molecule has 4 heterocycles. The van der Waals surface area contributed by atoms with Gasteiger partial charge in [-0.3, -0.25) is 38.4 Å². The number of phenols is 1. The number of carbonyl (C=O) groups excluding carboxylic acids is 8. The fraction of sp³-hybridized carbons (Fsp3) is 0.412. The smallest absolute Gasteiger partial charge is 0.307 e. The summed E-state index contributed by atoms with van der Waals surface area (Å²) < 4.78 is 62.2. The number of nitrogens with zero attached hydrogens (tertiary/aromatic N) is 2. The quantitative estimate of drug-likeness (QED) is 0.0164. The molecule has 0 unspecified atom stereocenters. The van der Waals surface area contributed by atoms with Crippen LogP contribution < -0.4 is 33.2 Å². The summed E-state index contributed by atoms with van der Waals surface area (Å²) in [5, 5.41) is 22.0. The molecular weight excluding hydrogens is 1310 g/mol. The van der Waals surface area contributed by atoms with Crippen LogP contribution in [0.3, 0.4) is 0 Å². The number of benzene rings is 4. The van der Waals surface area contributed by atoms with Gasteiger partial charge in [0.05, 0.1) is 120 Å². The summed E-state index contributed by atoms with van der Waals surface area (Å²) >= 11 is 5.34. The summed E-state index contributed by atoms with van der Waals surface area (Å²) in [6.45, 7) is 9.88. The van der Waals surface area contributed by atoms with Crippen LogP contribution in [0, 0.1) is 0 Å². The first-order valence-electron chi connectivity index (χ1n) is 30.6. The largest absolute Gasteiger partial charge is 0.504 e. The van der Waals surface area contributed by atoms with Crippen LogP contribution in [0.1, 0.15) is 118 Å². The minimum Gasteiger partial charge on any atom is -0.504 e. The second-order valence-electron chi connectivity index (χ2n) is 20.6. The zero-order valence-corrected chi connectivity index (χ0v) is 58.1. The Morgan fingerprint density at radius 3 is 1.06 bits per heavy atom. The molecule has 2 N–H and O–H groups in total. The summed E-state index contributed by atoms with van der Waals surface area (Å²) in [6, 6.07) is 21.5. The number of esters is 4. The number of methoxy groups -OCH3 is 4. The van der Waals surface area contributed by atoms with Gasteiger partial charge in [0.2, 0.25) is 0 Å². The SMILES string of the molecule is CCOC(=O)CCC(=O)c1cc2cc(OCCCO)c(OC)cc2s1.CCOC(=O)CCC(=O)c1cc2cc(OCCCOc3cc4sc(C(=O)N(C)CCC(=O)OCC)cc4cc3OC)c(OC)cc2s1.CCOC(=O)CCN(C)C(=O)c1cc2cc(OC)c(O)cc2s1. The number of ketones is 2. The fourth-order valence-electron chi connectivity index (χ4n) is 9.04. The van der Waals surface area contributed by atoms with Gasteiger partial charge in [0.15, 0.2) is 57.6 Å². The van der Waals surface area contributed by atoms with E-state index < -0.39 is 0 Å². The van der Waals surface area contributed by atoms with Crippen molar-refractivity contribution in [2.75, 3.05) is 108 Å². The molecular formula is C68H80N2O21S4. The van der Waals surface area contributed by atoms with Gasteiger partial charge in [0.25, 0.3) is 11.8 Å². The molecule has 23 nitrogen and oxygen atoms in total. The molecule has 8 rings (SSSR count). The molecule has 512 valence electrons. The van der Waals surface area contributed by atoms with Crippen LogP contribution >= 0.6 is 45.3 Å². The van der Waals surface area contributed by atoms with Crippen molar-refractivity contribution in [2.24, 2.45) is 0 Å². The number of ether oxygens (including phenoxy) is 11. The number of hydrogen-bond acceptors (Lipinski definition) is 25. The lowest BCUT2D eigenvalue weighted by atomic mass is 10.1. The van der Waals surface area contributed by atoms with Crippen LogP contribution in [0.15, 0.2) is 72.8 Å². The maximum Gasteiger partial charge on any atom is 0.307 e. The third-order valence-electron chi connectivity index (χ3n) is 13.9. The normalized spacial score (nSPS) is 10.8. The second kappa shape index (κ2) is 38.0. The minimum absolute atomic E-state index is 0.0384. The molecule has 0 aliphatic rings. The van der Waals surface area contributed by atoms with Crippen molar-refractivity contribution in [3.8, 4) is 46.0 Å². The lowest BCUT2D eigenvalue weighted by Crippen LogP contribution is -2.28. The van der Waals surface area contributed by atoms with E-state index in [4.69, 9.17) is 57.2 Å². The molecule has 27 heteroatoms. The first-order valence-corrected chi connectivity index (χ1v) is 33.8. The van der Waals surface area contributed by atoms with Crippen molar-refractivity contribution in [2.45, 2.75) is 79.1 Å². The maximum absolute atomic E-state index is 13.0. The van der Waals surface area contributed by atoms with Gasteiger partial charge in [-0.15, -0.1) is 45.3 Å². The Labute approximate surface area is 566 Å². The lowest BCUT2D eigenvalue weighted by Gasteiger charge is -2.15. The Morgan fingerprint density at radius 1 is 0.379 bits per heavy atom. The monoisotopic (exact) mass is 1390 g/mol. The first-order chi connectivity index (χ1) is 45.7. The molecule has 0 atom stereocenters. The standard InChI is InChI=1S/C34H39NO10S2.C18H22O6S.C16H19NO5S/c1-6-42-32(37)10-9-23(36)30-17-22-16-26(25(41-5)19-28(22)46-30)44-13-8-14-45-27-20-29-21(15-24(27)40-4)18-31(47-29)34(39)35(3)12-11-33(38)43-7-2;1-3-23-18(21)6-5-13(20)17-10-12-9-15(24-8-4-7-19)14(22-2)11-16(12)25-17;1-4-22-15(19)5-6-17(2)16(20)14-8-10-7-12(21-3)11(18)9-13(10)23-14/h15-20H,6-14H2,1-5H3;9-11,19H,3-8H2,1-2H3;7-9,18H,4-6H2,1-3H3. The molecule has 95 heavy (non-hydrogen) atoms. The van der Waals surface area contributed by atoms with E-state index in [2.05, 4.69) is 0 Å². The Balaban J connectivity index is 0.000000249. The van der Waals surface area contributed by atoms with Gasteiger partial charge >= 0.3 is 23.9 Å². The molecule has 4 aromatic carbocycles. The summed E-state index contributed by atoms with van der Waals surface area (Å²) in [4.78, 5) is 102. The Morgan fingerprint density at radius 2 is 0.684 bits per heavy atom. The molecule has 0 saturated carbocycles. The lowest BCUT2D eigenvalue weighted by molar-refractivity contribution is -0.144. The van der Waals surface area contributed by atoms with E-state index in [1.54, 1.807) is 93.5 Å². The number of aliphatic hydroxyl groups is 1. The summed E-state index contributed by atoms with van der Waals surface area (Å²) in [6.07, 6.45) is 1.73. The van der Waals surface area contributed by atoms with Crippen molar-refractivity contribution in [3.05, 3.63) is 92.3 Å². The molecule has 0 aliphatic heterocycles. The van der Waals surface area contributed by atoms with Crippen LogP contribution in [0.2, 0.25) is 0 Å². The molecule has 8 aromatic rings. The predicted molar refractivity (Wildman–Crippen MR) is 365 cm³/mol. The van der Waals surface area contributed by atoms with Gasteiger partial charge in [0, 0.05) is 103 Å². The third-order valence-corrected chi connectivity index (χ3v) is 18.3. The number of thiophene rings is 4. The average molecular weight is 1390 g/mol. The summed E-state index contributed by atoms with van der Waals surface area (Å²) in [5.41, 5.74) is 0. The Kier molecular flexibility index (Phi) is 30.1. The first kappa shape index (κ1) is 75.3. The van der Waals surface area contributed by atoms with Crippen molar-refractivity contribution < 1.29 is 101 Å². The van der Waals surface area contributed by atoms with Crippen molar-refractivity contribution in [3.63, 3.8) is 0 Å². The zero-order valence-electron chi connectivity index (χ0n) is 54.8. The highest BCUT2D eigenvalue weighted by molar-refractivity contribution is 7.22. The van der Waals surface area contributed by atoms with Gasteiger partial charge in [-0.25, -0.2) is 0 Å². The van der Waals surface area contributed by atoms with Crippen LogP contribution in [-0.4, -0.2) is 176 Å². The van der Waals surface area contributed by atoms with Crippen LogP contribution in [-0.2, 0) is 38.1 Å². The minimum atomic E-state index is -0.386. The van der Waals surface area contributed by atoms with Crippen molar-refractivity contribution >= 4 is 133 Å². The predicted octanol–water partition coefficient (Wildman–Crippen LogP) is 12.4. The van der Waals surface area contributed by atoms with E-state index in [0.717, 1.165) is 40.3 Å². The van der Waals surface area contributed by atoms with Gasteiger partial charge in [-0.05, 0) is 97.8 Å². The number of fused-ring (bicyclic) bond motifs is 4. The Bertz CT molecular complexity index is 3940. The van der Waals surface area contributed by atoms with Crippen molar-refractivity contribution in [1.29, 1.82) is 0 Å². The van der Waals surface area contributed by atoms with E-state index in [9.17, 15) is 43.5 Å². The molecule has 0 radical (unpaired) electrons.